The lowest BCUT2D eigenvalue weighted by Gasteiger charge is -2.30. The third-order valence-corrected chi connectivity index (χ3v) is 4.73. The molecule has 2 atom stereocenters. The molecule has 28 heavy (non-hydrogen) atoms. The molecule has 1 saturated carbocycles. The Balaban J connectivity index is 1.79. The quantitative estimate of drug-likeness (QED) is 0.738. The zero-order valence-corrected chi connectivity index (χ0v) is 15.7. The van der Waals surface area contributed by atoms with Crippen LogP contribution in [0.4, 0.5) is 13.2 Å². The van der Waals surface area contributed by atoms with E-state index in [0.29, 0.717) is 5.82 Å². The fourth-order valence-electron chi connectivity index (χ4n) is 2.92. The van der Waals surface area contributed by atoms with Crippen LogP contribution in [0.3, 0.4) is 0 Å². The van der Waals surface area contributed by atoms with Gasteiger partial charge in [0.05, 0.1) is 6.42 Å². The predicted molar refractivity (Wildman–Crippen MR) is 89.8 cm³/mol. The highest BCUT2D eigenvalue weighted by Crippen LogP contribution is 2.41. The predicted octanol–water partition coefficient (Wildman–Crippen LogP) is 2.33. The SMILES string of the molecule is CC(C)C(NC(=O)CC(O)(c1nccn1C)C(F)(F)F)c1nc(C2CC2)no1. The first-order valence-corrected chi connectivity index (χ1v) is 8.92. The molecule has 1 aliphatic carbocycles. The average molecular weight is 401 g/mol. The van der Waals surface area contributed by atoms with Crippen LogP contribution in [0, 0.1) is 5.92 Å². The Bertz CT molecular complexity index is 843. The molecule has 2 heterocycles. The number of halogens is 3. The van der Waals surface area contributed by atoms with Crippen LogP contribution in [-0.4, -0.2) is 36.9 Å². The topological polar surface area (TPSA) is 106 Å². The molecule has 1 aliphatic rings. The highest BCUT2D eigenvalue weighted by Gasteiger charge is 2.58. The molecule has 2 aromatic heterocycles. The summed E-state index contributed by atoms with van der Waals surface area (Å²) < 4.78 is 47.0. The Labute approximate surface area is 159 Å². The molecular formula is C17H22F3N5O3. The van der Waals surface area contributed by atoms with Gasteiger partial charge in [-0.2, -0.15) is 18.2 Å². The number of amides is 1. The Morgan fingerprint density at radius 2 is 2.11 bits per heavy atom. The lowest BCUT2D eigenvalue weighted by atomic mass is 9.96. The monoisotopic (exact) mass is 401 g/mol. The zero-order chi connectivity index (χ0) is 20.7. The molecule has 2 unspecified atom stereocenters. The summed E-state index contributed by atoms with van der Waals surface area (Å²) in [5.41, 5.74) is -3.43. The first-order valence-electron chi connectivity index (χ1n) is 8.92. The summed E-state index contributed by atoms with van der Waals surface area (Å²) in [6, 6.07) is -0.772. The molecule has 1 fully saturated rings. The van der Waals surface area contributed by atoms with E-state index in [4.69, 9.17) is 4.52 Å². The molecule has 2 N–H and O–H groups in total. The molecule has 154 valence electrons. The number of carbonyl (C=O) groups excluding carboxylic acids is 1. The second kappa shape index (κ2) is 7.19. The number of aryl methyl sites for hydroxylation is 1. The number of carbonyl (C=O) groups is 1. The van der Waals surface area contributed by atoms with Crippen molar-refractivity contribution in [2.24, 2.45) is 13.0 Å². The number of aliphatic hydroxyl groups is 1. The highest BCUT2D eigenvalue weighted by atomic mass is 19.4. The lowest BCUT2D eigenvalue weighted by Crippen LogP contribution is -2.48. The van der Waals surface area contributed by atoms with Gasteiger partial charge in [0.1, 0.15) is 6.04 Å². The largest absolute Gasteiger partial charge is 0.425 e. The van der Waals surface area contributed by atoms with Crippen LogP contribution in [-0.2, 0) is 17.4 Å². The minimum absolute atomic E-state index is 0.137. The molecule has 2 aromatic rings. The maximum Gasteiger partial charge on any atom is 0.425 e. The summed E-state index contributed by atoms with van der Waals surface area (Å²) in [5, 5.41) is 16.7. The second-order valence-electron chi connectivity index (χ2n) is 7.45. The molecule has 0 radical (unpaired) electrons. The van der Waals surface area contributed by atoms with E-state index < -0.39 is 36.0 Å². The van der Waals surface area contributed by atoms with Crippen molar-refractivity contribution < 1.29 is 27.6 Å². The van der Waals surface area contributed by atoms with Gasteiger partial charge < -0.3 is 19.5 Å². The third-order valence-electron chi connectivity index (χ3n) is 4.73. The summed E-state index contributed by atoms with van der Waals surface area (Å²) in [4.78, 5) is 20.3. The number of aromatic nitrogens is 4. The van der Waals surface area contributed by atoms with Crippen LogP contribution >= 0.6 is 0 Å². The van der Waals surface area contributed by atoms with E-state index in [1.54, 1.807) is 13.8 Å². The molecule has 0 spiro atoms. The number of hydrogen-bond donors (Lipinski definition) is 2. The van der Waals surface area contributed by atoms with Crippen molar-refractivity contribution in [3.63, 3.8) is 0 Å². The molecule has 11 heteroatoms. The molecule has 3 rings (SSSR count). The summed E-state index contributed by atoms with van der Waals surface area (Å²) in [7, 11) is 1.31. The standard InChI is InChI=1S/C17H22F3N5O3/c1-9(2)12(14-23-13(24-28-14)10-4-5-10)22-11(26)8-16(27,17(18,19)20)15-21-6-7-25(15)3/h6-7,9-10,12,27H,4-5,8H2,1-3H3,(H,22,26). The maximum atomic E-state index is 13.6. The Morgan fingerprint density at radius 3 is 2.61 bits per heavy atom. The van der Waals surface area contributed by atoms with Crippen molar-refractivity contribution in [1.82, 2.24) is 25.0 Å². The molecule has 8 nitrogen and oxygen atoms in total. The maximum absolute atomic E-state index is 13.6. The van der Waals surface area contributed by atoms with Crippen LogP contribution in [0.1, 0.15) is 62.6 Å². The van der Waals surface area contributed by atoms with Gasteiger partial charge in [0.2, 0.25) is 17.4 Å². The van der Waals surface area contributed by atoms with Gasteiger partial charge in [0.25, 0.3) is 0 Å². The van der Waals surface area contributed by atoms with E-state index in [-0.39, 0.29) is 17.7 Å². The molecule has 0 bridgehead atoms. The van der Waals surface area contributed by atoms with E-state index in [0.717, 1.165) is 23.6 Å². The van der Waals surface area contributed by atoms with E-state index in [2.05, 4.69) is 20.4 Å². The van der Waals surface area contributed by atoms with Gasteiger partial charge in [-0.1, -0.05) is 19.0 Å². The van der Waals surface area contributed by atoms with Crippen molar-refractivity contribution in [2.45, 2.75) is 56.8 Å². The van der Waals surface area contributed by atoms with Crippen LogP contribution < -0.4 is 5.32 Å². The van der Waals surface area contributed by atoms with Crippen molar-refractivity contribution in [3.05, 3.63) is 29.9 Å². The van der Waals surface area contributed by atoms with Gasteiger partial charge in [-0.15, -0.1) is 0 Å². The smallest absolute Gasteiger partial charge is 0.374 e. The number of rotatable bonds is 7. The third kappa shape index (κ3) is 3.89. The summed E-state index contributed by atoms with van der Waals surface area (Å²) in [6.45, 7) is 3.53. The van der Waals surface area contributed by atoms with Gasteiger partial charge >= 0.3 is 6.18 Å². The molecular weight excluding hydrogens is 379 g/mol. The molecule has 0 saturated heterocycles. The van der Waals surface area contributed by atoms with Crippen LogP contribution in [0.15, 0.2) is 16.9 Å². The van der Waals surface area contributed by atoms with Crippen LogP contribution in [0.25, 0.3) is 0 Å². The van der Waals surface area contributed by atoms with E-state index in [1.807, 2.05) is 0 Å². The average Bonchev–Trinajstić information content (AvgIpc) is 3.15. The fourth-order valence-corrected chi connectivity index (χ4v) is 2.92. The lowest BCUT2D eigenvalue weighted by molar-refractivity contribution is -0.271. The van der Waals surface area contributed by atoms with Gasteiger partial charge in [0.15, 0.2) is 11.6 Å². The van der Waals surface area contributed by atoms with Crippen molar-refractivity contribution in [1.29, 1.82) is 0 Å². The summed E-state index contributed by atoms with van der Waals surface area (Å²) in [6.07, 6.45) is -2.04. The Morgan fingerprint density at radius 1 is 1.43 bits per heavy atom. The number of nitrogens with one attached hydrogen (secondary N) is 1. The van der Waals surface area contributed by atoms with Gasteiger partial charge in [-0.3, -0.25) is 4.79 Å². The Hall–Kier alpha value is -2.43. The number of imidazole rings is 1. The second-order valence-corrected chi connectivity index (χ2v) is 7.45. The molecule has 1 amide bonds. The van der Waals surface area contributed by atoms with Crippen molar-refractivity contribution in [2.75, 3.05) is 0 Å². The number of nitrogens with zero attached hydrogens (tertiary/aromatic N) is 4. The highest BCUT2D eigenvalue weighted by molar-refractivity contribution is 5.77. The van der Waals surface area contributed by atoms with Gasteiger partial charge in [-0.25, -0.2) is 4.98 Å². The van der Waals surface area contributed by atoms with Gasteiger partial charge in [0, 0.05) is 25.4 Å². The zero-order valence-electron chi connectivity index (χ0n) is 15.7. The van der Waals surface area contributed by atoms with Crippen molar-refractivity contribution in [3.8, 4) is 0 Å². The van der Waals surface area contributed by atoms with E-state index in [9.17, 15) is 23.1 Å². The molecule has 0 aromatic carbocycles. The van der Waals surface area contributed by atoms with Gasteiger partial charge in [-0.05, 0) is 18.8 Å². The Kier molecular flexibility index (Phi) is 5.22. The first-order chi connectivity index (χ1) is 13.0. The summed E-state index contributed by atoms with van der Waals surface area (Å²) in [5.74, 6) is -0.978. The summed E-state index contributed by atoms with van der Waals surface area (Å²) >= 11 is 0. The number of hydrogen-bond acceptors (Lipinski definition) is 6. The van der Waals surface area contributed by atoms with Crippen molar-refractivity contribution >= 4 is 5.91 Å². The fraction of sp³-hybridized carbons (Fsp3) is 0.647. The van der Waals surface area contributed by atoms with E-state index >= 15 is 0 Å². The first kappa shape index (κ1) is 20.3. The molecule has 0 aliphatic heterocycles. The minimum atomic E-state index is -5.10. The normalized spacial score (nSPS) is 18.1. The van der Waals surface area contributed by atoms with Crippen LogP contribution in [0.5, 0.6) is 0 Å². The van der Waals surface area contributed by atoms with E-state index in [1.165, 1.54) is 13.2 Å². The minimum Gasteiger partial charge on any atom is -0.374 e. The number of alkyl halides is 3. The van der Waals surface area contributed by atoms with Crippen LogP contribution in [0.2, 0.25) is 0 Å².